The zero-order valence-corrected chi connectivity index (χ0v) is 22.7. The van der Waals surface area contributed by atoms with Crippen LogP contribution in [0.1, 0.15) is 63.4 Å². The third-order valence-electron chi connectivity index (χ3n) is 9.46. The number of sulfonamides is 1. The molecule has 1 aromatic carbocycles. The first-order chi connectivity index (χ1) is 18.8. The van der Waals surface area contributed by atoms with Crippen LogP contribution in [0, 0.1) is 29.1 Å². The Kier molecular flexibility index (Phi) is 7.03. The molecule has 5 atom stereocenters. The molecule has 2 saturated heterocycles. The summed E-state index contributed by atoms with van der Waals surface area (Å²) in [4.78, 5) is 24.6. The van der Waals surface area contributed by atoms with E-state index >= 15 is 0 Å². The standard InChI is InChI=1S/C27H36N6O5S/c28-14-17-3-1-2-4-21(17)33-22-11-12-29-26(34)24(22)25(31-33)30-19-7-10-23-18(13-19)15-32(39(23,37)38)20-8-5-16(6-9-20)27(35)36/h7,10,13,16-17,20-22,24-25,30-31H,1-6,8-9,11-12,15H2,(H,29,34)(H,35,36)/t16?,17-,20?,21+,22?,24?,25?/m1/s1. The predicted molar refractivity (Wildman–Crippen MR) is 141 cm³/mol. The lowest BCUT2D eigenvalue weighted by Crippen LogP contribution is -2.54. The quantitative estimate of drug-likeness (QED) is 0.426. The number of rotatable bonds is 5. The second kappa shape index (κ2) is 10.4. The molecule has 3 aliphatic heterocycles. The van der Waals surface area contributed by atoms with Crippen molar-refractivity contribution in [1.82, 2.24) is 20.1 Å². The summed E-state index contributed by atoms with van der Waals surface area (Å²) in [6.07, 6.45) is 6.38. The van der Waals surface area contributed by atoms with Crippen LogP contribution in [0.3, 0.4) is 0 Å². The summed E-state index contributed by atoms with van der Waals surface area (Å²) in [6.45, 7) is 0.869. The summed E-state index contributed by atoms with van der Waals surface area (Å²) >= 11 is 0. The highest BCUT2D eigenvalue weighted by Crippen LogP contribution is 2.40. The lowest BCUT2D eigenvalue weighted by atomic mass is 9.83. The van der Waals surface area contributed by atoms with Gasteiger partial charge in [0.05, 0.1) is 28.7 Å². The van der Waals surface area contributed by atoms with Crippen LogP contribution in [0.15, 0.2) is 23.1 Å². The number of carbonyl (C=O) groups is 2. The summed E-state index contributed by atoms with van der Waals surface area (Å²) < 4.78 is 28.2. The van der Waals surface area contributed by atoms with Gasteiger partial charge < -0.3 is 15.7 Å². The van der Waals surface area contributed by atoms with E-state index in [4.69, 9.17) is 0 Å². The number of piperidine rings is 1. The van der Waals surface area contributed by atoms with Gasteiger partial charge in [-0.3, -0.25) is 9.59 Å². The molecule has 4 fully saturated rings. The van der Waals surface area contributed by atoms with E-state index < -0.39 is 21.9 Å². The smallest absolute Gasteiger partial charge is 0.306 e. The molecule has 0 radical (unpaired) electrons. The first-order valence-corrected chi connectivity index (χ1v) is 15.6. The summed E-state index contributed by atoms with van der Waals surface area (Å²) in [6, 6.07) is 7.57. The first kappa shape index (κ1) is 26.5. The van der Waals surface area contributed by atoms with Crippen molar-refractivity contribution in [1.29, 1.82) is 5.26 Å². The van der Waals surface area contributed by atoms with Gasteiger partial charge >= 0.3 is 5.97 Å². The van der Waals surface area contributed by atoms with Crippen molar-refractivity contribution in [2.45, 2.75) is 93.5 Å². The molecule has 1 aromatic rings. The minimum Gasteiger partial charge on any atom is -0.481 e. The zero-order valence-electron chi connectivity index (χ0n) is 21.9. The van der Waals surface area contributed by atoms with E-state index in [9.17, 15) is 28.4 Å². The number of carboxylic acids is 1. The monoisotopic (exact) mass is 556 g/mol. The number of amides is 1. The Hall–Kier alpha value is -2.72. The Labute approximate surface area is 228 Å². The molecular weight excluding hydrogens is 520 g/mol. The first-order valence-electron chi connectivity index (χ1n) is 14.1. The Bertz CT molecular complexity index is 1290. The maximum atomic E-state index is 13.4. The van der Waals surface area contributed by atoms with Crippen molar-refractivity contribution in [3.8, 4) is 6.07 Å². The number of nitrogens with one attached hydrogen (secondary N) is 3. The van der Waals surface area contributed by atoms with E-state index in [2.05, 4.69) is 27.1 Å². The highest BCUT2D eigenvalue weighted by Gasteiger charge is 2.51. The van der Waals surface area contributed by atoms with Crippen LogP contribution in [0.5, 0.6) is 0 Å². The largest absolute Gasteiger partial charge is 0.481 e. The van der Waals surface area contributed by atoms with E-state index in [-0.39, 0.29) is 48.6 Å². The molecule has 39 heavy (non-hydrogen) atoms. The average molecular weight is 557 g/mol. The number of nitrogens with zero attached hydrogens (tertiary/aromatic N) is 3. The van der Waals surface area contributed by atoms with Gasteiger partial charge in [-0.15, -0.1) is 0 Å². The Morgan fingerprint density at radius 2 is 1.85 bits per heavy atom. The van der Waals surface area contributed by atoms with Gasteiger partial charge in [-0.25, -0.2) is 18.9 Å². The molecule has 1 amide bonds. The number of fused-ring (bicyclic) bond motifs is 2. The van der Waals surface area contributed by atoms with Crippen LogP contribution in [0.4, 0.5) is 5.69 Å². The van der Waals surface area contributed by atoms with E-state index in [1.807, 2.05) is 6.07 Å². The van der Waals surface area contributed by atoms with Crippen LogP contribution in [0.2, 0.25) is 0 Å². The van der Waals surface area contributed by atoms with Crippen molar-refractivity contribution in [3.05, 3.63) is 23.8 Å². The van der Waals surface area contributed by atoms with Crippen LogP contribution in [-0.2, 0) is 26.2 Å². The highest BCUT2D eigenvalue weighted by molar-refractivity contribution is 7.89. The maximum absolute atomic E-state index is 13.4. The number of hydrazine groups is 1. The summed E-state index contributed by atoms with van der Waals surface area (Å²) in [5.41, 5.74) is 4.98. The van der Waals surface area contributed by atoms with Crippen LogP contribution in [-0.4, -0.2) is 65.6 Å². The molecule has 0 bridgehead atoms. The Morgan fingerprint density at radius 3 is 2.59 bits per heavy atom. The molecule has 3 unspecified atom stereocenters. The predicted octanol–water partition coefficient (Wildman–Crippen LogP) is 1.98. The third-order valence-corrected chi connectivity index (χ3v) is 11.5. The van der Waals surface area contributed by atoms with Gasteiger partial charge in [0.2, 0.25) is 15.9 Å². The molecule has 3 heterocycles. The number of anilines is 1. The summed E-state index contributed by atoms with van der Waals surface area (Å²) in [5, 5.41) is 27.7. The van der Waals surface area contributed by atoms with Crippen LogP contribution in [0.25, 0.3) is 0 Å². The molecule has 210 valence electrons. The average Bonchev–Trinajstić information content (AvgIpc) is 3.43. The van der Waals surface area contributed by atoms with Crippen molar-refractivity contribution in [3.63, 3.8) is 0 Å². The molecule has 2 saturated carbocycles. The van der Waals surface area contributed by atoms with Gasteiger partial charge in [-0.2, -0.15) is 9.57 Å². The van der Waals surface area contributed by atoms with Gasteiger partial charge in [-0.05, 0) is 68.7 Å². The van der Waals surface area contributed by atoms with E-state index in [1.165, 1.54) is 4.31 Å². The van der Waals surface area contributed by atoms with Gasteiger partial charge in [0.25, 0.3) is 0 Å². The van der Waals surface area contributed by atoms with Crippen molar-refractivity contribution in [2.24, 2.45) is 17.8 Å². The highest BCUT2D eigenvalue weighted by atomic mass is 32.2. The SMILES string of the molecule is N#C[C@H]1CCCC[C@@H]1N1NC(Nc2ccc3c(c2)CN(C2CCC(C(=O)O)CC2)S3(=O)=O)C2C(=O)NCCC21. The van der Waals surface area contributed by atoms with Gasteiger partial charge in [0, 0.05) is 36.9 Å². The molecule has 2 aliphatic carbocycles. The lowest BCUT2D eigenvalue weighted by molar-refractivity contribution is -0.143. The number of carbonyl (C=O) groups excluding carboxylic acids is 1. The zero-order chi connectivity index (χ0) is 27.3. The molecule has 12 heteroatoms. The number of nitriles is 1. The normalized spacial score (nSPS) is 36.4. The molecule has 0 spiro atoms. The van der Waals surface area contributed by atoms with Crippen molar-refractivity contribution >= 4 is 27.6 Å². The second-order valence-electron chi connectivity index (χ2n) is 11.6. The van der Waals surface area contributed by atoms with Crippen molar-refractivity contribution in [2.75, 3.05) is 11.9 Å². The molecule has 5 aliphatic rings. The second-order valence-corrected chi connectivity index (χ2v) is 13.5. The fourth-order valence-corrected chi connectivity index (χ4v) is 9.30. The number of aliphatic carboxylic acids is 1. The minimum absolute atomic E-state index is 0.0126. The Morgan fingerprint density at radius 1 is 1.08 bits per heavy atom. The molecular formula is C27H36N6O5S. The fourth-order valence-electron chi connectivity index (χ4n) is 7.44. The lowest BCUT2D eigenvalue weighted by Gasteiger charge is -2.39. The van der Waals surface area contributed by atoms with E-state index in [0.29, 0.717) is 42.7 Å². The van der Waals surface area contributed by atoms with E-state index in [0.717, 1.165) is 37.8 Å². The summed E-state index contributed by atoms with van der Waals surface area (Å²) in [5.74, 6) is -1.64. The van der Waals surface area contributed by atoms with Gasteiger partial charge in [-0.1, -0.05) is 12.8 Å². The number of benzene rings is 1. The topological polar surface area (TPSA) is 155 Å². The van der Waals surface area contributed by atoms with E-state index in [1.54, 1.807) is 12.1 Å². The molecule has 6 rings (SSSR count). The van der Waals surface area contributed by atoms with Crippen LogP contribution >= 0.6 is 0 Å². The molecule has 11 nitrogen and oxygen atoms in total. The molecule has 0 aromatic heterocycles. The van der Waals surface area contributed by atoms with Crippen LogP contribution < -0.4 is 16.1 Å². The third kappa shape index (κ3) is 4.69. The number of carboxylic acid groups (broad SMARTS) is 1. The summed E-state index contributed by atoms with van der Waals surface area (Å²) in [7, 11) is -3.65. The Balaban J connectivity index is 1.20. The van der Waals surface area contributed by atoms with Gasteiger partial charge in [0.1, 0.15) is 6.17 Å². The maximum Gasteiger partial charge on any atom is 0.306 e. The minimum atomic E-state index is -3.65. The number of hydrogen-bond donors (Lipinski definition) is 4. The van der Waals surface area contributed by atoms with Crippen molar-refractivity contribution < 1.29 is 23.1 Å². The molecule has 4 N–H and O–H groups in total. The number of hydrogen-bond acceptors (Lipinski definition) is 8. The van der Waals surface area contributed by atoms with Gasteiger partial charge in [0.15, 0.2) is 0 Å². The fraction of sp³-hybridized carbons (Fsp3) is 0.667.